The summed E-state index contributed by atoms with van der Waals surface area (Å²) in [6.45, 7) is 1.72. The van der Waals surface area contributed by atoms with E-state index < -0.39 is 17.4 Å². The van der Waals surface area contributed by atoms with Crippen molar-refractivity contribution in [2.45, 2.75) is 18.9 Å². The third-order valence-corrected chi connectivity index (χ3v) is 3.48. The lowest BCUT2D eigenvalue weighted by molar-refractivity contribution is -0.139. The molecule has 2 aromatic rings. The molecule has 0 saturated carbocycles. The highest BCUT2D eigenvalue weighted by atomic mass is 35.5. The highest BCUT2D eigenvalue weighted by Crippen LogP contribution is 2.20. The number of methoxy groups -OCH3 is 1. The number of carbonyl (C=O) groups excluding carboxylic acids is 1. The smallest absolute Gasteiger partial charge is 0.305 e. The van der Waals surface area contributed by atoms with Crippen LogP contribution < -0.4 is 5.32 Å². The van der Waals surface area contributed by atoms with E-state index in [0.29, 0.717) is 10.7 Å². The molecular weight excluding hydrogens is 308 g/mol. The Balaban J connectivity index is 2.22. The molecule has 1 aromatic heterocycles. The minimum Gasteiger partial charge on any atom is -0.481 e. The first-order valence-electron chi connectivity index (χ1n) is 6.64. The molecule has 6 nitrogen and oxygen atoms in total. The van der Waals surface area contributed by atoms with E-state index in [1.54, 1.807) is 31.2 Å². The van der Waals surface area contributed by atoms with Crippen LogP contribution in [0, 0.1) is 0 Å². The van der Waals surface area contributed by atoms with Crippen LogP contribution in [0.4, 0.5) is 0 Å². The summed E-state index contributed by atoms with van der Waals surface area (Å²) in [7, 11) is 1.46. The van der Waals surface area contributed by atoms with Gasteiger partial charge in [0.15, 0.2) is 0 Å². The first kappa shape index (κ1) is 16.3. The van der Waals surface area contributed by atoms with Crippen LogP contribution in [0.1, 0.15) is 23.8 Å². The van der Waals surface area contributed by atoms with Gasteiger partial charge in [-0.3, -0.25) is 9.59 Å². The summed E-state index contributed by atoms with van der Waals surface area (Å²) in [6.07, 6.45) is -0.237. The summed E-state index contributed by atoms with van der Waals surface area (Å²) in [5.41, 5.74) is 0.0846. The van der Waals surface area contributed by atoms with Crippen LogP contribution in [0.2, 0.25) is 5.02 Å². The Hall–Kier alpha value is -2.05. The van der Waals surface area contributed by atoms with Crippen LogP contribution in [0.5, 0.6) is 0 Å². The molecule has 1 amide bonds. The zero-order valence-corrected chi connectivity index (χ0v) is 13.0. The number of hydrogen-bond acceptors (Lipinski definition) is 3. The van der Waals surface area contributed by atoms with Crippen LogP contribution >= 0.6 is 11.6 Å². The van der Waals surface area contributed by atoms with E-state index in [2.05, 4.69) is 10.3 Å². The number of hydrogen-bond donors (Lipinski definition) is 3. The van der Waals surface area contributed by atoms with Gasteiger partial charge in [-0.25, -0.2) is 0 Å². The van der Waals surface area contributed by atoms with E-state index in [0.717, 1.165) is 10.9 Å². The van der Waals surface area contributed by atoms with Gasteiger partial charge in [-0.05, 0) is 25.1 Å². The molecule has 0 spiro atoms. The van der Waals surface area contributed by atoms with Gasteiger partial charge < -0.3 is 20.1 Å². The van der Waals surface area contributed by atoms with Crippen LogP contribution in [-0.2, 0) is 9.53 Å². The van der Waals surface area contributed by atoms with Crippen molar-refractivity contribution in [3.8, 4) is 0 Å². The van der Waals surface area contributed by atoms with Gasteiger partial charge in [-0.15, -0.1) is 0 Å². The van der Waals surface area contributed by atoms with E-state index in [-0.39, 0.29) is 13.0 Å². The number of nitrogens with one attached hydrogen (secondary N) is 2. The van der Waals surface area contributed by atoms with E-state index >= 15 is 0 Å². The Labute approximate surface area is 132 Å². The molecule has 0 aliphatic heterocycles. The van der Waals surface area contributed by atoms with E-state index in [1.807, 2.05) is 0 Å². The molecule has 0 fully saturated rings. The van der Waals surface area contributed by atoms with Gasteiger partial charge in [-0.2, -0.15) is 0 Å². The van der Waals surface area contributed by atoms with Crippen molar-refractivity contribution in [1.29, 1.82) is 0 Å². The van der Waals surface area contributed by atoms with Crippen LogP contribution in [0.15, 0.2) is 24.3 Å². The molecule has 0 aliphatic carbocycles. The molecule has 0 aliphatic rings. The number of aliphatic carboxylic acids is 1. The van der Waals surface area contributed by atoms with Crippen molar-refractivity contribution in [3.05, 3.63) is 35.0 Å². The molecule has 118 valence electrons. The van der Waals surface area contributed by atoms with E-state index in [1.165, 1.54) is 7.11 Å². The molecule has 1 aromatic carbocycles. The zero-order valence-electron chi connectivity index (χ0n) is 12.3. The number of carboxylic acid groups (broad SMARTS) is 1. The van der Waals surface area contributed by atoms with Crippen LogP contribution in [0.25, 0.3) is 10.9 Å². The summed E-state index contributed by atoms with van der Waals surface area (Å²) in [4.78, 5) is 26.3. The molecule has 3 N–H and O–H groups in total. The molecule has 1 unspecified atom stereocenters. The fraction of sp³-hybridized carbons (Fsp3) is 0.333. The highest BCUT2D eigenvalue weighted by molar-refractivity contribution is 6.31. The number of carbonyl (C=O) groups is 2. The largest absolute Gasteiger partial charge is 0.481 e. The number of carboxylic acids is 1. The van der Waals surface area contributed by atoms with Crippen molar-refractivity contribution >= 4 is 34.4 Å². The van der Waals surface area contributed by atoms with Crippen molar-refractivity contribution in [2.24, 2.45) is 0 Å². The van der Waals surface area contributed by atoms with Crippen molar-refractivity contribution in [3.63, 3.8) is 0 Å². The maximum absolute atomic E-state index is 12.3. The molecule has 22 heavy (non-hydrogen) atoms. The van der Waals surface area contributed by atoms with Crippen molar-refractivity contribution in [2.75, 3.05) is 13.7 Å². The number of benzene rings is 1. The molecular formula is C15H17ClN2O4. The highest BCUT2D eigenvalue weighted by Gasteiger charge is 2.30. The number of fused-ring (bicyclic) bond motifs is 1. The van der Waals surface area contributed by atoms with Crippen LogP contribution in [0.3, 0.4) is 0 Å². The standard InChI is InChI=1S/C15H17ClN2O4/c1-15(8-22-2,7-13(19)20)18-14(21)12-5-9-3-4-10(16)6-11(9)17-12/h3-6,17H,7-8H2,1-2H3,(H,18,21)(H,19,20). The normalized spacial score (nSPS) is 13.8. The second-order valence-electron chi connectivity index (χ2n) is 5.43. The molecule has 1 atom stereocenters. The minimum atomic E-state index is -1.01. The summed E-state index contributed by atoms with van der Waals surface area (Å²) in [5.74, 6) is -1.41. The maximum Gasteiger partial charge on any atom is 0.305 e. The van der Waals surface area contributed by atoms with Gasteiger partial charge >= 0.3 is 5.97 Å². The van der Waals surface area contributed by atoms with E-state index in [4.69, 9.17) is 21.4 Å². The number of rotatable bonds is 6. The van der Waals surface area contributed by atoms with Crippen LogP contribution in [-0.4, -0.2) is 41.2 Å². The van der Waals surface area contributed by atoms with E-state index in [9.17, 15) is 9.59 Å². The minimum absolute atomic E-state index is 0.0943. The molecule has 1 heterocycles. The topological polar surface area (TPSA) is 91.4 Å². The lowest BCUT2D eigenvalue weighted by atomic mass is 9.98. The molecule has 2 rings (SSSR count). The SMILES string of the molecule is COCC(C)(CC(=O)O)NC(=O)c1cc2ccc(Cl)cc2[nH]1. The first-order valence-corrected chi connectivity index (χ1v) is 7.02. The van der Waals surface area contributed by atoms with Gasteiger partial charge in [0.05, 0.1) is 18.6 Å². The fourth-order valence-corrected chi connectivity index (χ4v) is 2.52. The molecule has 7 heteroatoms. The van der Waals surface area contributed by atoms with Gasteiger partial charge in [0.1, 0.15) is 5.69 Å². The summed E-state index contributed by atoms with van der Waals surface area (Å²) in [5, 5.41) is 13.1. The Morgan fingerprint density at radius 3 is 2.77 bits per heavy atom. The lowest BCUT2D eigenvalue weighted by Gasteiger charge is -2.28. The number of halogens is 1. The quantitative estimate of drug-likeness (QED) is 0.761. The lowest BCUT2D eigenvalue weighted by Crippen LogP contribution is -2.50. The van der Waals surface area contributed by atoms with Crippen molar-refractivity contribution in [1.82, 2.24) is 10.3 Å². The van der Waals surface area contributed by atoms with Gasteiger partial charge in [0.25, 0.3) is 5.91 Å². The number of aromatic nitrogens is 1. The molecule has 0 saturated heterocycles. The average molecular weight is 325 g/mol. The average Bonchev–Trinajstić information content (AvgIpc) is 2.80. The predicted octanol–water partition coefficient (Wildman–Crippen LogP) is 2.43. The Bertz CT molecular complexity index is 713. The summed E-state index contributed by atoms with van der Waals surface area (Å²) >= 11 is 5.91. The van der Waals surface area contributed by atoms with Gasteiger partial charge in [-0.1, -0.05) is 17.7 Å². The van der Waals surface area contributed by atoms with Gasteiger partial charge in [0, 0.05) is 23.0 Å². The number of aromatic amines is 1. The van der Waals surface area contributed by atoms with Crippen molar-refractivity contribution < 1.29 is 19.4 Å². The summed E-state index contributed by atoms with van der Waals surface area (Å²) < 4.78 is 5.01. The van der Waals surface area contributed by atoms with Gasteiger partial charge in [0.2, 0.25) is 0 Å². The second kappa shape index (κ2) is 6.37. The molecule has 0 radical (unpaired) electrons. The third kappa shape index (κ3) is 3.78. The number of ether oxygens (including phenoxy) is 1. The Morgan fingerprint density at radius 2 is 2.14 bits per heavy atom. The predicted molar refractivity (Wildman–Crippen MR) is 83.3 cm³/mol. The first-order chi connectivity index (χ1) is 10.3. The summed E-state index contributed by atoms with van der Waals surface area (Å²) in [6, 6.07) is 6.95. The third-order valence-electron chi connectivity index (χ3n) is 3.25. The zero-order chi connectivity index (χ0) is 16.3. The number of H-pyrrole nitrogens is 1. The monoisotopic (exact) mass is 324 g/mol. The second-order valence-corrected chi connectivity index (χ2v) is 5.87. The molecule has 0 bridgehead atoms. The maximum atomic E-state index is 12.3. The number of amides is 1. The Morgan fingerprint density at radius 1 is 1.41 bits per heavy atom. The fourth-order valence-electron chi connectivity index (χ4n) is 2.35. The Kier molecular flexibility index (Phi) is 4.73.